The van der Waals surface area contributed by atoms with Crippen molar-refractivity contribution >= 4 is 0 Å². The maximum Gasteiger partial charge on any atom is 0.330 e. The summed E-state index contributed by atoms with van der Waals surface area (Å²) in [6, 6.07) is 1.08. The molecule has 5 atom stereocenters. The standard InChI is InChI=1S/C13H16N2O6/c1-3-7(2)13(20)8(6-16)21-11(10(13)18)15-5-4-9(17)14-12(15)19/h1,4-5,7-8,10-11,16,18,20H,6H2,2H3,(H,14,17,19)/t7?,8-,10+,11-,13-/m1/s1. The van der Waals surface area contributed by atoms with Crippen LogP contribution in [0.5, 0.6) is 0 Å². The predicted octanol–water partition coefficient (Wildman–Crippen LogP) is -2.21. The highest BCUT2D eigenvalue weighted by Gasteiger charge is 2.58. The first-order valence-corrected chi connectivity index (χ1v) is 6.30. The van der Waals surface area contributed by atoms with Crippen molar-refractivity contribution in [3.63, 3.8) is 0 Å². The van der Waals surface area contributed by atoms with Gasteiger partial charge in [0.25, 0.3) is 5.56 Å². The Hall–Kier alpha value is -1.92. The minimum absolute atomic E-state index is 0.589. The van der Waals surface area contributed by atoms with Crippen molar-refractivity contribution in [1.29, 1.82) is 0 Å². The summed E-state index contributed by atoms with van der Waals surface area (Å²) in [7, 11) is 0. The maximum atomic E-state index is 11.7. The Morgan fingerprint density at radius 1 is 1.62 bits per heavy atom. The molecule has 4 N–H and O–H groups in total. The Balaban J connectivity index is 2.47. The molecule has 21 heavy (non-hydrogen) atoms. The lowest BCUT2D eigenvalue weighted by molar-refractivity contribution is -0.112. The van der Waals surface area contributed by atoms with Crippen molar-refractivity contribution in [3.05, 3.63) is 33.1 Å². The number of aliphatic hydroxyl groups is 3. The lowest BCUT2D eigenvalue weighted by atomic mass is 9.81. The van der Waals surface area contributed by atoms with Gasteiger partial charge in [-0.2, -0.15) is 0 Å². The zero-order valence-corrected chi connectivity index (χ0v) is 11.3. The summed E-state index contributed by atoms with van der Waals surface area (Å²) in [5.74, 6) is 1.47. The van der Waals surface area contributed by atoms with Gasteiger partial charge in [-0.3, -0.25) is 14.3 Å². The summed E-state index contributed by atoms with van der Waals surface area (Å²) in [4.78, 5) is 24.8. The van der Waals surface area contributed by atoms with Crippen molar-refractivity contribution in [2.24, 2.45) is 5.92 Å². The maximum absolute atomic E-state index is 11.7. The van der Waals surface area contributed by atoms with Crippen LogP contribution >= 0.6 is 0 Å². The van der Waals surface area contributed by atoms with Gasteiger partial charge in [0.05, 0.1) is 12.5 Å². The Morgan fingerprint density at radius 3 is 2.81 bits per heavy atom. The van der Waals surface area contributed by atoms with E-state index in [0.717, 1.165) is 16.8 Å². The van der Waals surface area contributed by atoms with E-state index < -0.39 is 47.8 Å². The third-order valence-electron chi connectivity index (χ3n) is 3.80. The fourth-order valence-corrected chi connectivity index (χ4v) is 2.47. The summed E-state index contributed by atoms with van der Waals surface area (Å²) in [5.41, 5.74) is -3.32. The van der Waals surface area contributed by atoms with E-state index in [4.69, 9.17) is 11.2 Å². The van der Waals surface area contributed by atoms with E-state index in [1.165, 1.54) is 6.92 Å². The number of nitrogens with one attached hydrogen (secondary N) is 1. The van der Waals surface area contributed by atoms with Gasteiger partial charge in [0.2, 0.25) is 0 Å². The molecule has 0 bridgehead atoms. The quantitative estimate of drug-likeness (QED) is 0.469. The van der Waals surface area contributed by atoms with Crippen LogP contribution in [0, 0.1) is 18.3 Å². The Kier molecular flexibility index (Phi) is 4.02. The molecule has 2 heterocycles. The van der Waals surface area contributed by atoms with Gasteiger partial charge < -0.3 is 20.1 Å². The van der Waals surface area contributed by atoms with Crippen molar-refractivity contribution < 1.29 is 20.1 Å². The number of H-pyrrole nitrogens is 1. The zero-order chi connectivity index (χ0) is 15.8. The molecule has 2 rings (SSSR count). The first-order valence-electron chi connectivity index (χ1n) is 6.30. The molecular formula is C13H16N2O6. The van der Waals surface area contributed by atoms with E-state index in [9.17, 15) is 24.9 Å². The second-order valence-corrected chi connectivity index (χ2v) is 4.94. The SMILES string of the molecule is C#CC(C)[C@@]1(O)[C@@H](CO)O[C@@H](n2ccc(=O)[nH]c2=O)[C@@H]1O. The van der Waals surface area contributed by atoms with E-state index in [0.29, 0.717) is 0 Å². The molecule has 1 fully saturated rings. The number of nitrogens with zero attached hydrogens (tertiary/aromatic N) is 1. The largest absolute Gasteiger partial charge is 0.394 e. The summed E-state index contributed by atoms with van der Waals surface area (Å²) in [6.07, 6.45) is 2.42. The van der Waals surface area contributed by atoms with Crippen LogP contribution in [0.3, 0.4) is 0 Å². The van der Waals surface area contributed by atoms with Gasteiger partial charge in [-0.1, -0.05) is 0 Å². The molecule has 8 heteroatoms. The van der Waals surface area contributed by atoms with Gasteiger partial charge in [-0.05, 0) is 6.92 Å². The van der Waals surface area contributed by atoms with Crippen LogP contribution < -0.4 is 11.2 Å². The molecule has 0 aliphatic carbocycles. The lowest BCUT2D eigenvalue weighted by Gasteiger charge is -2.33. The van der Waals surface area contributed by atoms with Crippen LogP contribution in [0.1, 0.15) is 13.2 Å². The third kappa shape index (κ3) is 2.30. The smallest absolute Gasteiger partial charge is 0.330 e. The molecule has 1 aliphatic heterocycles. The fraction of sp³-hybridized carbons (Fsp3) is 0.538. The van der Waals surface area contributed by atoms with Crippen LogP contribution in [0.15, 0.2) is 21.9 Å². The Bertz CT molecular complexity index is 674. The van der Waals surface area contributed by atoms with Gasteiger partial charge in [0.15, 0.2) is 6.23 Å². The van der Waals surface area contributed by atoms with Gasteiger partial charge in [-0.15, -0.1) is 12.3 Å². The molecule has 0 radical (unpaired) electrons. The second-order valence-electron chi connectivity index (χ2n) is 4.94. The molecule has 0 aromatic carbocycles. The molecule has 0 spiro atoms. The third-order valence-corrected chi connectivity index (χ3v) is 3.80. The zero-order valence-electron chi connectivity index (χ0n) is 11.3. The molecule has 1 aromatic rings. The van der Waals surface area contributed by atoms with Crippen LogP contribution in [0.4, 0.5) is 0 Å². The molecular weight excluding hydrogens is 280 g/mol. The number of rotatable bonds is 3. The lowest BCUT2D eigenvalue weighted by Crippen LogP contribution is -2.54. The monoisotopic (exact) mass is 296 g/mol. The van der Waals surface area contributed by atoms with E-state index in [1.807, 2.05) is 4.98 Å². The van der Waals surface area contributed by atoms with E-state index in [-0.39, 0.29) is 0 Å². The predicted molar refractivity (Wildman–Crippen MR) is 71.3 cm³/mol. The van der Waals surface area contributed by atoms with E-state index in [2.05, 4.69) is 5.92 Å². The topological polar surface area (TPSA) is 125 Å². The molecule has 0 amide bonds. The van der Waals surface area contributed by atoms with Gasteiger partial charge in [-0.25, -0.2) is 4.79 Å². The highest BCUT2D eigenvalue weighted by atomic mass is 16.6. The number of terminal acetylenes is 1. The molecule has 1 aliphatic rings. The summed E-state index contributed by atoms with van der Waals surface area (Å²) < 4.78 is 6.29. The van der Waals surface area contributed by atoms with Gasteiger partial charge in [0.1, 0.15) is 17.8 Å². The van der Waals surface area contributed by atoms with Crippen LogP contribution in [0.25, 0.3) is 0 Å². The molecule has 0 saturated carbocycles. The van der Waals surface area contributed by atoms with Crippen LogP contribution in [-0.2, 0) is 4.74 Å². The van der Waals surface area contributed by atoms with Crippen LogP contribution in [0.2, 0.25) is 0 Å². The number of aromatic nitrogens is 2. The average Bonchev–Trinajstić information content (AvgIpc) is 2.71. The highest BCUT2D eigenvalue weighted by molar-refractivity contribution is 5.13. The number of ether oxygens (including phenoxy) is 1. The molecule has 1 saturated heterocycles. The van der Waals surface area contributed by atoms with Crippen LogP contribution in [-0.4, -0.2) is 49.3 Å². The fourth-order valence-electron chi connectivity index (χ4n) is 2.47. The summed E-state index contributed by atoms with van der Waals surface area (Å²) >= 11 is 0. The molecule has 8 nitrogen and oxygen atoms in total. The van der Waals surface area contributed by atoms with E-state index in [1.54, 1.807) is 0 Å². The Morgan fingerprint density at radius 2 is 2.29 bits per heavy atom. The number of hydrogen-bond acceptors (Lipinski definition) is 6. The summed E-state index contributed by atoms with van der Waals surface area (Å²) in [6.45, 7) is 0.904. The first kappa shape index (κ1) is 15.5. The van der Waals surface area contributed by atoms with Crippen molar-refractivity contribution in [2.45, 2.75) is 31.0 Å². The number of aromatic amines is 1. The normalized spacial score (nSPS) is 33.6. The van der Waals surface area contributed by atoms with Crippen molar-refractivity contribution in [1.82, 2.24) is 9.55 Å². The second kappa shape index (κ2) is 5.46. The van der Waals surface area contributed by atoms with Gasteiger partial charge >= 0.3 is 5.69 Å². The van der Waals surface area contributed by atoms with E-state index >= 15 is 0 Å². The van der Waals surface area contributed by atoms with Gasteiger partial charge in [0, 0.05) is 12.3 Å². The minimum atomic E-state index is -1.91. The number of aliphatic hydroxyl groups excluding tert-OH is 2. The molecule has 1 unspecified atom stereocenters. The van der Waals surface area contributed by atoms with Crippen molar-refractivity contribution in [3.8, 4) is 12.3 Å². The Labute approximate surface area is 119 Å². The number of hydrogen-bond donors (Lipinski definition) is 4. The minimum Gasteiger partial charge on any atom is -0.394 e. The molecule has 1 aromatic heterocycles. The molecule has 114 valence electrons. The first-order chi connectivity index (χ1) is 9.86. The van der Waals surface area contributed by atoms with Crippen molar-refractivity contribution in [2.75, 3.05) is 6.61 Å². The highest BCUT2D eigenvalue weighted by Crippen LogP contribution is 2.40. The average molecular weight is 296 g/mol. The summed E-state index contributed by atoms with van der Waals surface area (Å²) in [5, 5.41) is 30.3.